The van der Waals surface area contributed by atoms with Crippen LogP contribution in [0.2, 0.25) is 0 Å². The van der Waals surface area contributed by atoms with Gasteiger partial charge in [0.05, 0.1) is 6.21 Å². The molecular formula is C15H14BrN3O. The highest BCUT2D eigenvalue weighted by Crippen LogP contribution is 2.14. The van der Waals surface area contributed by atoms with E-state index in [1.54, 1.807) is 6.21 Å². The Labute approximate surface area is 126 Å². The first-order valence-electron chi connectivity index (χ1n) is 6.07. The molecule has 0 saturated carbocycles. The van der Waals surface area contributed by atoms with Gasteiger partial charge >= 0.3 is 6.03 Å². The molecule has 5 heteroatoms. The smallest absolute Gasteiger partial charge is 0.306 e. The number of hydrogen-bond acceptors (Lipinski definition) is 2. The zero-order valence-corrected chi connectivity index (χ0v) is 12.5. The third kappa shape index (κ3) is 3.93. The number of benzene rings is 2. The number of carbonyl (C=O) groups is 1. The number of para-hydroxylation sites is 1. The van der Waals surface area contributed by atoms with Crippen LogP contribution in [0.1, 0.15) is 11.1 Å². The van der Waals surface area contributed by atoms with Gasteiger partial charge in [-0.3, -0.25) is 0 Å². The van der Waals surface area contributed by atoms with Crippen molar-refractivity contribution in [2.45, 2.75) is 6.92 Å². The van der Waals surface area contributed by atoms with E-state index in [-0.39, 0.29) is 6.03 Å². The molecule has 0 bridgehead atoms. The summed E-state index contributed by atoms with van der Waals surface area (Å²) in [6.45, 7) is 1.93. The molecule has 0 aliphatic heterocycles. The fraction of sp³-hybridized carbons (Fsp3) is 0.0667. The van der Waals surface area contributed by atoms with Gasteiger partial charge in [0.25, 0.3) is 0 Å². The molecule has 0 radical (unpaired) electrons. The van der Waals surface area contributed by atoms with Gasteiger partial charge in [-0.15, -0.1) is 0 Å². The molecule has 0 aliphatic carbocycles. The summed E-state index contributed by atoms with van der Waals surface area (Å²) in [4.78, 5) is 11.7. The molecule has 0 heterocycles. The fourth-order valence-corrected chi connectivity index (χ4v) is 1.99. The monoisotopic (exact) mass is 331 g/mol. The van der Waals surface area contributed by atoms with Crippen LogP contribution in [-0.4, -0.2) is 12.2 Å². The molecule has 0 fully saturated rings. The summed E-state index contributed by atoms with van der Waals surface area (Å²) in [5.41, 5.74) is 5.09. The summed E-state index contributed by atoms with van der Waals surface area (Å²) in [5.74, 6) is 0. The van der Waals surface area contributed by atoms with E-state index in [0.29, 0.717) is 0 Å². The first kappa shape index (κ1) is 14.3. The minimum Gasteiger partial charge on any atom is -0.306 e. The Morgan fingerprint density at radius 1 is 1.15 bits per heavy atom. The molecule has 2 aromatic rings. The van der Waals surface area contributed by atoms with Crippen molar-refractivity contribution in [3.63, 3.8) is 0 Å². The summed E-state index contributed by atoms with van der Waals surface area (Å²) in [6, 6.07) is 14.8. The van der Waals surface area contributed by atoms with Crippen LogP contribution >= 0.6 is 15.9 Å². The van der Waals surface area contributed by atoms with Crippen LogP contribution in [0, 0.1) is 6.92 Å². The lowest BCUT2D eigenvalue weighted by Crippen LogP contribution is -2.24. The summed E-state index contributed by atoms with van der Waals surface area (Å²) in [5, 5.41) is 6.65. The predicted octanol–water partition coefficient (Wildman–Crippen LogP) is 3.91. The first-order valence-corrected chi connectivity index (χ1v) is 6.86. The molecule has 2 aromatic carbocycles. The van der Waals surface area contributed by atoms with Gasteiger partial charge < -0.3 is 5.32 Å². The average molecular weight is 332 g/mol. The van der Waals surface area contributed by atoms with Crippen molar-refractivity contribution in [3.8, 4) is 0 Å². The Balaban J connectivity index is 1.93. The first-order chi connectivity index (χ1) is 9.66. The van der Waals surface area contributed by atoms with E-state index in [1.165, 1.54) is 0 Å². The Hall–Kier alpha value is -2.14. The lowest BCUT2D eigenvalue weighted by molar-refractivity contribution is 0.252. The Kier molecular flexibility index (Phi) is 4.90. The largest absolute Gasteiger partial charge is 0.339 e. The molecule has 0 spiro atoms. The van der Waals surface area contributed by atoms with E-state index in [4.69, 9.17) is 0 Å². The Morgan fingerprint density at radius 3 is 2.60 bits per heavy atom. The van der Waals surface area contributed by atoms with Gasteiger partial charge in [-0.1, -0.05) is 52.3 Å². The third-order valence-corrected chi connectivity index (χ3v) is 3.39. The molecule has 0 aliphatic rings. The van der Waals surface area contributed by atoms with Crippen molar-refractivity contribution in [3.05, 3.63) is 64.1 Å². The summed E-state index contributed by atoms with van der Waals surface area (Å²) < 4.78 is 0.921. The second-order valence-corrected chi connectivity index (χ2v) is 5.01. The van der Waals surface area contributed by atoms with E-state index in [2.05, 4.69) is 31.8 Å². The molecule has 0 unspecified atom stereocenters. The van der Waals surface area contributed by atoms with Crippen LogP contribution in [0.4, 0.5) is 10.5 Å². The zero-order valence-electron chi connectivity index (χ0n) is 10.9. The number of nitrogens with one attached hydrogen (secondary N) is 2. The van der Waals surface area contributed by atoms with Gasteiger partial charge in [-0.25, -0.2) is 10.2 Å². The van der Waals surface area contributed by atoms with E-state index >= 15 is 0 Å². The van der Waals surface area contributed by atoms with Crippen molar-refractivity contribution >= 4 is 33.9 Å². The summed E-state index contributed by atoms with van der Waals surface area (Å²) in [7, 11) is 0. The Bertz CT molecular complexity index is 641. The van der Waals surface area contributed by atoms with Crippen molar-refractivity contribution in [2.24, 2.45) is 5.10 Å². The van der Waals surface area contributed by atoms with Crippen LogP contribution in [-0.2, 0) is 0 Å². The lowest BCUT2D eigenvalue weighted by atomic mass is 10.2. The lowest BCUT2D eigenvalue weighted by Gasteiger charge is -2.06. The molecule has 102 valence electrons. The van der Waals surface area contributed by atoms with Gasteiger partial charge in [-0.2, -0.15) is 5.10 Å². The van der Waals surface area contributed by atoms with E-state index in [0.717, 1.165) is 21.3 Å². The molecule has 0 atom stereocenters. The molecular weight excluding hydrogens is 318 g/mol. The zero-order chi connectivity index (χ0) is 14.4. The van der Waals surface area contributed by atoms with E-state index in [1.807, 2.05) is 55.5 Å². The SMILES string of the molecule is Cc1ccccc1NC(=O)N/N=C\c1ccccc1Br. The van der Waals surface area contributed by atoms with E-state index in [9.17, 15) is 4.79 Å². The van der Waals surface area contributed by atoms with Gasteiger partial charge in [0, 0.05) is 15.7 Å². The fourth-order valence-electron chi connectivity index (χ4n) is 1.60. The van der Waals surface area contributed by atoms with Crippen LogP contribution in [0.5, 0.6) is 0 Å². The number of halogens is 1. The van der Waals surface area contributed by atoms with Crippen LogP contribution in [0.25, 0.3) is 0 Å². The predicted molar refractivity (Wildman–Crippen MR) is 85.1 cm³/mol. The minimum atomic E-state index is -0.373. The molecule has 20 heavy (non-hydrogen) atoms. The number of hydrazone groups is 1. The summed E-state index contributed by atoms with van der Waals surface area (Å²) >= 11 is 3.41. The number of rotatable bonds is 3. The quantitative estimate of drug-likeness (QED) is 0.650. The number of nitrogens with zero attached hydrogens (tertiary/aromatic N) is 1. The normalized spacial score (nSPS) is 10.5. The third-order valence-electron chi connectivity index (χ3n) is 2.67. The molecule has 0 saturated heterocycles. The standard InChI is InChI=1S/C15H14BrN3O/c1-11-6-2-5-9-14(11)18-15(20)19-17-10-12-7-3-4-8-13(12)16/h2-10H,1H3,(H2,18,19,20)/b17-10-. The Morgan fingerprint density at radius 2 is 1.85 bits per heavy atom. The maximum atomic E-state index is 11.7. The molecule has 0 aromatic heterocycles. The summed E-state index contributed by atoms with van der Waals surface area (Å²) in [6.07, 6.45) is 1.58. The number of anilines is 1. The second-order valence-electron chi connectivity index (χ2n) is 4.16. The highest BCUT2D eigenvalue weighted by Gasteiger charge is 2.02. The van der Waals surface area contributed by atoms with Crippen molar-refractivity contribution in [1.29, 1.82) is 0 Å². The van der Waals surface area contributed by atoms with Crippen molar-refractivity contribution in [2.75, 3.05) is 5.32 Å². The minimum absolute atomic E-state index is 0.373. The number of carbonyl (C=O) groups excluding carboxylic acids is 1. The number of aryl methyl sites for hydroxylation is 1. The highest BCUT2D eigenvalue weighted by molar-refractivity contribution is 9.10. The van der Waals surface area contributed by atoms with Gasteiger partial charge in [-0.05, 0) is 24.6 Å². The molecule has 2 rings (SSSR count). The topological polar surface area (TPSA) is 53.5 Å². The molecule has 2 N–H and O–H groups in total. The van der Waals surface area contributed by atoms with Crippen LogP contribution < -0.4 is 10.7 Å². The van der Waals surface area contributed by atoms with Crippen molar-refractivity contribution < 1.29 is 4.79 Å². The number of hydrogen-bond donors (Lipinski definition) is 2. The van der Waals surface area contributed by atoms with Gasteiger partial charge in [0.15, 0.2) is 0 Å². The number of amides is 2. The van der Waals surface area contributed by atoms with Gasteiger partial charge in [0.2, 0.25) is 0 Å². The van der Waals surface area contributed by atoms with Gasteiger partial charge in [0.1, 0.15) is 0 Å². The molecule has 4 nitrogen and oxygen atoms in total. The molecule has 2 amide bonds. The second kappa shape index (κ2) is 6.86. The van der Waals surface area contributed by atoms with Crippen LogP contribution in [0.15, 0.2) is 58.1 Å². The highest BCUT2D eigenvalue weighted by atomic mass is 79.9. The van der Waals surface area contributed by atoms with Crippen molar-refractivity contribution in [1.82, 2.24) is 5.43 Å². The average Bonchev–Trinajstić information content (AvgIpc) is 2.43. The van der Waals surface area contributed by atoms with Crippen LogP contribution in [0.3, 0.4) is 0 Å². The number of urea groups is 1. The maximum Gasteiger partial charge on any atom is 0.339 e. The maximum absolute atomic E-state index is 11.7. The van der Waals surface area contributed by atoms with E-state index < -0.39 is 0 Å².